The van der Waals surface area contributed by atoms with E-state index in [-0.39, 0.29) is 4.90 Å². The van der Waals surface area contributed by atoms with Gasteiger partial charge in [0.05, 0.1) is 4.90 Å². The zero-order chi connectivity index (χ0) is 20.0. The SMILES string of the molecule is CC[C@@H](C)N(C)c1ccc2c(n1)CCNC2.Cc1ccc(S(=O)(=O)O)cc1. The molecule has 0 spiro atoms. The normalized spacial score (nSPS) is 14.6. The number of nitrogens with zero attached hydrogens (tertiary/aromatic N) is 2. The minimum atomic E-state index is -4.02. The Kier molecular flexibility index (Phi) is 7.35. The van der Waals surface area contributed by atoms with E-state index in [9.17, 15) is 8.42 Å². The third kappa shape index (κ3) is 6.02. The molecule has 0 bridgehead atoms. The van der Waals surface area contributed by atoms with Gasteiger partial charge in [-0.25, -0.2) is 4.98 Å². The van der Waals surface area contributed by atoms with Crippen molar-refractivity contribution in [2.45, 2.75) is 51.1 Å². The van der Waals surface area contributed by atoms with Crippen LogP contribution in [0, 0.1) is 6.92 Å². The summed E-state index contributed by atoms with van der Waals surface area (Å²) in [7, 11) is -1.89. The number of anilines is 1. The monoisotopic (exact) mass is 391 g/mol. The predicted molar refractivity (Wildman–Crippen MR) is 109 cm³/mol. The summed E-state index contributed by atoms with van der Waals surface area (Å²) in [5.74, 6) is 1.11. The van der Waals surface area contributed by atoms with Crippen LogP contribution in [-0.4, -0.2) is 37.6 Å². The molecule has 2 aromatic rings. The van der Waals surface area contributed by atoms with Crippen LogP contribution in [0.25, 0.3) is 0 Å². The first-order valence-electron chi connectivity index (χ1n) is 9.19. The molecule has 1 aromatic heterocycles. The second-order valence-electron chi connectivity index (χ2n) is 6.86. The number of hydrogen-bond acceptors (Lipinski definition) is 5. The van der Waals surface area contributed by atoms with Crippen LogP contribution in [-0.2, 0) is 23.1 Å². The van der Waals surface area contributed by atoms with Gasteiger partial charge in [-0.05, 0) is 44.0 Å². The van der Waals surface area contributed by atoms with Crippen molar-refractivity contribution in [2.24, 2.45) is 0 Å². The predicted octanol–water partition coefficient (Wildman–Crippen LogP) is 3.20. The molecule has 0 fully saturated rings. The molecule has 2 N–H and O–H groups in total. The molecule has 2 heterocycles. The Balaban J connectivity index is 0.000000208. The van der Waals surface area contributed by atoms with Crippen molar-refractivity contribution < 1.29 is 13.0 Å². The standard InChI is InChI=1S/C13H21N3.C7H8O3S/c1-4-10(2)16(3)13-6-5-11-9-14-8-7-12(11)15-13;1-6-2-4-7(5-3-6)11(8,9)10/h5-6,10,14H,4,7-9H2,1-3H3;2-5H,1H3,(H,8,9,10)/t10-;/m1./s1. The Hall–Kier alpha value is -1.96. The van der Waals surface area contributed by atoms with Crippen LogP contribution < -0.4 is 10.2 Å². The van der Waals surface area contributed by atoms with Gasteiger partial charge < -0.3 is 10.2 Å². The average molecular weight is 392 g/mol. The van der Waals surface area contributed by atoms with E-state index in [1.165, 1.54) is 23.4 Å². The number of nitrogens with one attached hydrogen (secondary N) is 1. The van der Waals surface area contributed by atoms with Crippen molar-refractivity contribution in [1.82, 2.24) is 10.3 Å². The van der Waals surface area contributed by atoms with Gasteiger partial charge in [-0.3, -0.25) is 4.55 Å². The first-order valence-corrected chi connectivity index (χ1v) is 10.6. The third-order valence-electron chi connectivity index (χ3n) is 4.84. The lowest BCUT2D eigenvalue weighted by atomic mass is 10.1. The van der Waals surface area contributed by atoms with E-state index in [1.807, 2.05) is 6.92 Å². The third-order valence-corrected chi connectivity index (χ3v) is 5.71. The molecule has 148 valence electrons. The maximum absolute atomic E-state index is 10.5. The summed E-state index contributed by atoms with van der Waals surface area (Å²) in [6, 6.07) is 10.9. The molecule has 0 saturated heterocycles. The summed E-state index contributed by atoms with van der Waals surface area (Å²) in [4.78, 5) is 6.97. The van der Waals surface area contributed by atoms with Gasteiger partial charge in [-0.1, -0.05) is 30.7 Å². The number of rotatable bonds is 4. The van der Waals surface area contributed by atoms with Gasteiger partial charge in [-0.15, -0.1) is 0 Å². The highest BCUT2D eigenvalue weighted by atomic mass is 32.2. The van der Waals surface area contributed by atoms with Crippen LogP contribution in [0.1, 0.15) is 37.1 Å². The summed E-state index contributed by atoms with van der Waals surface area (Å²) in [6.07, 6.45) is 2.20. The Morgan fingerprint density at radius 2 is 1.89 bits per heavy atom. The van der Waals surface area contributed by atoms with Crippen LogP contribution >= 0.6 is 0 Å². The van der Waals surface area contributed by atoms with Crippen LogP contribution in [0.15, 0.2) is 41.3 Å². The van der Waals surface area contributed by atoms with Gasteiger partial charge in [0.2, 0.25) is 0 Å². The fourth-order valence-electron chi connectivity index (χ4n) is 2.73. The lowest BCUT2D eigenvalue weighted by Crippen LogP contribution is -2.30. The molecule has 7 heteroatoms. The van der Waals surface area contributed by atoms with Gasteiger partial charge in [0.15, 0.2) is 0 Å². The number of fused-ring (bicyclic) bond motifs is 1. The van der Waals surface area contributed by atoms with Crippen LogP contribution in [0.5, 0.6) is 0 Å². The van der Waals surface area contributed by atoms with E-state index in [0.717, 1.165) is 37.3 Å². The van der Waals surface area contributed by atoms with Crippen molar-refractivity contribution in [3.8, 4) is 0 Å². The molecule has 1 aromatic carbocycles. The summed E-state index contributed by atoms with van der Waals surface area (Å²) in [5.41, 5.74) is 3.58. The maximum Gasteiger partial charge on any atom is 0.294 e. The van der Waals surface area contributed by atoms with Gasteiger partial charge in [0.25, 0.3) is 10.1 Å². The fourth-order valence-corrected chi connectivity index (χ4v) is 3.21. The van der Waals surface area contributed by atoms with Gasteiger partial charge in [0, 0.05) is 38.3 Å². The van der Waals surface area contributed by atoms with Crippen molar-refractivity contribution in [1.29, 1.82) is 0 Å². The molecule has 1 aliphatic rings. The molecule has 0 radical (unpaired) electrons. The highest BCUT2D eigenvalue weighted by Gasteiger charge is 2.14. The zero-order valence-electron chi connectivity index (χ0n) is 16.4. The van der Waals surface area contributed by atoms with E-state index in [1.54, 1.807) is 12.1 Å². The lowest BCUT2D eigenvalue weighted by molar-refractivity contribution is 0.483. The van der Waals surface area contributed by atoms with Crippen LogP contribution in [0.2, 0.25) is 0 Å². The second kappa shape index (κ2) is 9.30. The number of benzene rings is 1. The average Bonchev–Trinajstić information content (AvgIpc) is 2.66. The summed E-state index contributed by atoms with van der Waals surface area (Å²) >= 11 is 0. The van der Waals surface area contributed by atoms with Crippen molar-refractivity contribution in [3.05, 3.63) is 53.2 Å². The van der Waals surface area contributed by atoms with Gasteiger partial charge in [-0.2, -0.15) is 8.42 Å². The molecule has 1 aliphatic heterocycles. The minimum Gasteiger partial charge on any atom is -0.357 e. The first kappa shape index (κ1) is 21.3. The highest BCUT2D eigenvalue weighted by molar-refractivity contribution is 7.85. The molecule has 3 rings (SSSR count). The van der Waals surface area contributed by atoms with Crippen molar-refractivity contribution in [2.75, 3.05) is 18.5 Å². The number of hydrogen-bond donors (Lipinski definition) is 2. The number of aryl methyl sites for hydroxylation is 1. The van der Waals surface area contributed by atoms with E-state index >= 15 is 0 Å². The van der Waals surface area contributed by atoms with E-state index < -0.39 is 10.1 Å². The highest BCUT2D eigenvalue weighted by Crippen LogP contribution is 2.19. The molecule has 27 heavy (non-hydrogen) atoms. The summed E-state index contributed by atoms with van der Waals surface area (Å²) in [5, 5.41) is 3.37. The molecule has 0 unspecified atom stereocenters. The van der Waals surface area contributed by atoms with Gasteiger partial charge in [0.1, 0.15) is 5.82 Å². The number of aromatic nitrogens is 1. The van der Waals surface area contributed by atoms with Gasteiger partial charge >= 0.3 is 0 Å². The smallest absolute Gasteiger partial charge is 0.294 e. The molecule has 0 aliphatic carbocycles. The topological polar surface area (TPSA) is 82.5 Å². The molecule has 0 saturated carbocycles. The Bertz CT molecular complexity index is 851. The van der Waals surface area contributed by atoms with E-state index in [2.05, 4.69) is 43.2 Å². The Morgan fingerprint density at radius 3 is 2.48 bits per heavy atom. The maximum atomic E-state index is 10.5. The first-order chi connectivity index (χ1) is 12.7. The summed E-state index contributed by atoms with van der Waals surface area (Å²) in [6.45, 7) is 8.31. The molecule has 1 atom stereocenters. The quantitative estimate of drug-likeness (QED) is 0.779. The fraction of sp³-hybridized carbons (Fsp3) is 0.450. The molecular formula is C20H29N3O3S. The molecular weight excluding hydrogens is 362 g/mol. The minimum absolute atomic E-state index is 0.0666. The van der Waals surface area contributed by atoms with E-state index in [0.29, 0.717) is 6.04 Å². The van der Waals surface area contributed by atoms with Crippen molar-refractivity contribution >= 4 is 15.9 Å². The number of pyridine rings is 1. The Morgan fingerprint density at radius 1 is 1.22 bits per heavy atom. The largest absolute Gasteiger partial charge is 0.357 e. The van der Waals surface area contributed by atoms with E-state index in [4.69, 9.17) is 9.54 Å². The molecule has 0 amide bonds. The zero-order valence-corrected chi connectivity index (χ0v) is 17.3. The van der Waals surface area contributed by atoms with Crippen LogP contribution in [0.4, 0.5) is 5.82 Å². The summed E-state index contributed by atoms with van der Waals surface area (Å²) < 4.78 is 29.6. The Labute approximate surface area is 162 Å². The van der Waals surface area contributed by atoms with Crippen LogP contribution in [0.3, 0.4) is 0 Å². The van der Waals surface area contributed by atoms with Crippen molar-refractivity contribution in [3.63, 3.8) is 0 Å². The lowest BCUT2D eigenvalue weighted by Gasteiger charge is -2.26. The second-order valence-corrected chi connectivity index (χ2v) is 8.28. The molecule has 6 nitrogen and oxygen atoms in total.